The van der Waals surface area contributed by atoms with Crippen LogP contribution in [0.1, 0.15) is 32.3 Å². The number of alkyl halides is 1. The first kappa shape index (κ1) is 17.1. The van der Waals surface area contributed by atoms with Gasteiger partial charge in [-0.3, -0.25) is 8.57 Å². The SMILES string of the molecule is CCCOS(=O)(=O)c1ccc(C)cc1.CCC[18F]. The Morgan fingerprint density at radius 2 is 1.61 bits per heavy atom. The van der Waals surface area contributed by atoms with Gasteiger partial charge in [0.1, 0.15) is 0 Å². The highest BCUT2D eigenvalue weighted by atomic mass is 32.2. The Bertz CT molecular complexity index is 410. The average Bonchev–Trinajstić information content (AvgIpc) is 2.37. The van der Waals surface area contributed by atoms with Crippen LogP contribution in [0.15, 0.2) is 29.2 Å². The zero-order valence-electron chi connectivity index (χ0n) is 11.1. The van der Waals surface area contributed by atoms with E-state index >= 15 is 0 Å². The second-order valence-corrected chi connectivity index (χ2v) is 5.39. The quantitative estimate of drug-likeness (QED) is 0.773. The second-order valence-electron chi connectivity index (χ2n) is 3.78. The normalized spacial score (nSPS) is 10.7. The smallest absolute Gasteiger partial charge is 0.266 e. The van der Waals surface area contributed by atoms with Gasteiger partial charge in [0.15, 0.2) is 0 Å². The summed E-state index contributed by atoms with van der Waals surface area (Å²) in [5.41, 5.74) is 1.03. The van der Waals surface area contributed by atoms with Gasteiger partial charge in [0.05, 0.1) is 18.2 Å². The summed E-state index contributed by atoms with van der Waals surface area (Å²) in [5.74, 6) is 0. The van der Waals surface area contributed by atoms with Crippen molar-refractivity contribution in [2.24, 2.45) is 0 Å². The molecule has 0 saturated heterocycles. The number of aryl methyl sites for hydroxylation is 1. The summed E-state index contributed by atoms with van der Waals surface area (Å²) in [6.07, 6.45) is 1.34. The van der Waals surface area contributed by atoms with Crippen LogP contribution in [0.3, 0.4) is 0 Å². The molecule has 0 atom stereocenters. The van der Waals surface area contributed by atoms with Gasteiger partial charge >= 0.3 is 0 Å². The van der Waals surface area contributed by atoms with Crippen molar-refractivity contribution < 1.29 is 17.0 Å². The van der Waals surface area contributed by atoms with Gasteiger partial charge < -0.3 is 0 Å². The zero-order chi connectivity index (χ0) is 14.0. The van der Waals surface area contributed by atoms with E-state index in [1.807, 2.05) is 13.8 Å². The monoisotopic (exact) mass is 275 g/mol. The van der Waals surface area contributed by atoms with Crippen molar-refractivity contribution in [2.75, 3.05) is 13.3 Å². The third-order valence-corrected chi connectivity index (χ3v) is 3.27. The van der Waals surface area contributed by atoms with Crippen molar-refractivity contribution in [1.29, 1.82) is 0 Å². The van der Waals surface area contributed by atoms with Gasteiger partial charge in [-0.05, 0) is 31.9 Å². The first-order valence-corrected chi connectivity index (χ1v) is 7.40. The lowest BCUT2D eigenvalue weighted by Crippen LogP contribution is -2.06. The van der Waals surface area contributed by atoms with Gasteiger partial charge in [-0.2, -0.15) is 8.42 Å². The van der Waals surface area contributed by atoms with Crippen molar-refractivity contribution >= 4 is 10.1 Å². The summed E-state index contributed by atoms with van der Waals surface area (Å²) in [5, 5.41) is 0. The molecular formula is C13H21FO3S. The summed E-state index contributed by atoms with van der Waals surface area (Å²) < 4.78 is 38.5. The lowest BCUT2D eigenvalue weighted by molar-refractivity contribution is 0.318. The minimum atomic E-state index is -3.54. The van der Waals surface area contributed by atoms with E-state index in [1.165, 1.54) is 0 Å². The van der Waals surface area contributed by atoms with E-state index in [-0.39, 0.29) is 18.2 Å². The Morgan fingerprint density at radius 1 is 1.11 bits per heavy atom. The lowest BCUT2D eigenvalue weighted by atomic mass is 10.2. The summed E-state index contributed by atoms with van der Waals surface area (Å²) in [7, 11) is -3.54. The van der Waals surface area contributed by atoms with Crippen molar-refractivity contribution in [3.05, 3.63) is 29.8 Å². The molecule has 0 bridgehead atoms. The topological polar surface area (TPSA) is 43.4 Å². The molecule has 0 N–H and O–H groups in total. The highest BCUT2D eigenvalue weighted by Gasteiger charge is 2.13. The molecule has 0 heterocycles. The van der Waals surface area contributed by atoms with Gasteiger partial charge in [0.25, 0.3) is 10.1 Å². The zero-order valence-corrected chi connectivity index (χ0v) is 12.0. The molecule has 3 nitrogen and oxygen atoms in total. The van der Waals surface area contributed by atoms with Gasteiger partial charge in [-0.15, -0.1) is 0 Å². The predicted molar refractivity (Wildman–Crippen MR) is 70.9 cm³/mol. The van der Waals surface area contributed by atoms with Crippen LogP contribution in [0.5, 0.6) is 0 Å². The molecule has 18 heavy (non-hydrogen) atoms. The summed E-state index contributed by atoms with van der Waals surface area (Å²) in [6.45, 7) is 5.63. The van der Waals surface area contributed by atoms with Crippen LogP contribution >= 0.6 is 0 Å². The molecule has 1 aromatic rings. The number of benzene rings is 1. The molecule has 0 aromatic heterocycles. The molecular weight excluding hydrogens is 254 g/mol. The van der Waals surface area contributed by atoms with Gasteiger partial charge in [0, 0.05) is 0 Å². The average molecular weight is 275 g/mol. The minimum absolute atomic E-state index is 0.181. The van der Waals surface area contributed by atoms with Gasteiger partial charge in [-0.25, -0.2) is 0 Å². The maximum absolute atomic E-state index is 11.5. The Morgan fingerprint density at radius 3 is 2.00 bits per heavy atom. The molecule has 0 amide bonds. The molecule has 0 spiro atoms. The van der Waals surface area contributed by atoms with Crippen molar-refractivity contribution in [1.82, 2.24) is 0 Å². The third-order valence-electron chi connectivity index (χ3n) is 1.94. The van der Waals surface area contributed by atoms with Crippen LogP contribution in [0.4, 0.5) is 4.39 Å². The van der Waals surface area contributed by atoms with Gasteiger partial charge in [-0.1, -0.05) is 31.5 Å². The van der Waals surface area contributed by atoms with E-state index in [1.54, 1.807) is 31.2 Å². The highest BCUT2D eigenvalue weighted by Crippen LogP contribution is 2.13. The highest BCUT2D eigenvalue weighted by molar-refractivity contribution is 7.86. The van der Waals surface area contributed by atoms with Crippen LogP contribution in [0, 0.1) is 6.92 Å². The van der Waals surface area contributed by atoms with Crippen molar-refractivity contribution in [2.45, 2.75) is 38.5 Å². The Balaban J connectivity index is 0.000000631. The molecule has 0 unspecified atom stereocenters. The standard InChI is InChI=1S/C10H14O3S.C3H7F/c1-3-8-13-14(11,12)10-6-4-9(2)5-7-10;1-2-3-4/h4-7H,3,8H2,1-2H3;2-3H2,1H3/i;4-1. The van der Waals surface area contributed by atoms with E-state index in [4.69, 9.17) is 4.18 Å². The van der Waals surface area contributed by atoms with Gasteiger partial charge in [0.2, 0.25) is 0 Å². The first-order chi connectivity index (χ1) is 8.47. The molecule has 104 valence electrons. The lowest BCUT2D eigenvalue weighted by Gasteiger charge is -2.04. The third kappa shape index (κ3) is 6.71. The van der Waals surface area contributed by atoms with Crippen LogP contribution in [0.2, 0.25) is 0 Å². The summed E-state index contributed by atoms with van der Waals surface area (Å²) in [4.78, 5) is 0.219. The van der Waals surface area contributed by atoms with Crippen LogP contribution < -0.4 is 0 Å². The molecule has 1 aromatic carbocycles. The maximum atomic E-state index is 11.5. The van der Waals surface area contributed by atoms with Crippen LogP contribution in [-0.4, -0.2) is 21.7 Å². The Labute approximate surface area is 109 Å². The fraction of sp³-hybridized carbons (Fsp3) is 0.538. The van der Waals surface area contributed by atoms with E-state index in [9.17, 15) is 12.8 Å². The number of hydrogen-bond acceptors (Lipinski definition) is 3. The fourth-order valence-corrected chi connectivity index (χ4v) is 1.96. The number of rotatable bonds is 5. The molecule has 1 rings (SSSR count). The first-order valence-electron chi connectivity index (χ1n) is 6.00. The van der Waals surface area contributed by atoms with Crippen molar-refractivity contribution in [3.8, 4) is 0 Å². The fourth-order valence-electron chi connectivity index (χ4n) is 0.966. The minimum Gasteiger partial charge on any atom is -0.266 e. The summed E-state index contributed by atoms with van der Waals surface area (Å²) >= 11 is 0. The largest absolute Gasteiger partial charge is 0.296 e. The molecule has 0 radical (unpaired) electrons. The van der Waals surface area contributed by atoms with E-state index in [2.05, 4.69) is 0 Å². The van der Waals surface area contributed by atoms with E-state index < -0.39 is 10.1 Å². The molecule has 0 saturated carbocycles. The van der Waals surface area contributed by atoms with E-state index in [0.717, 1.165) is 5.56 Å². The molecule has 5 heteroatoms. The predicted octanol–water partition coefficient (Wildman–Crippen LogP) is 3.48. The molecule has 0 aliphatic heterocycles. The molecule has 0 aliphatic rings. The van der Waals surface area contributed by atoms with Crippen molar-refractivity contribution in [3.63, 3.8) is 0 Å². The molecule has 0 fully saturated rings. The Hall–Kier alpha value is -0.940. The number of hydrogen-bond donors (Lipinski definition) is 0. The van der Waals surface area contributed by atoms with E-state index in [0.29, 0.717) is 12.8 Å². The Kier molecular flexibility index (Phi) is 8.58. The van der Waals surface area contributed by atoms with Crippen LogP contribution in [0.25, 0.3) is 0 Å². The maximum Gasteiger partial charge on any atom is 0.296 e. The van der Waals surface area contributed by atoms with Crippen LogP contribution in [-0.2, 0) is 14.3 Å². The number of halogens is 1. The second kappa shape index (κ2) is 9.05. The summed E-state index contributed by atoms with van der Waals surface area (Å²) in [6, 6.07) is 6.62. The molecule has 0 aliphatic carbocycles.